The summed E-state index contributed by atoms with van der Waals surface area (Å²) >= 11 is 3.37. The van der Waals surface area contributed by atoms with Gasteiger partial charge in [0.2, 0.25) is 0 Å². The molecule has 3 rings (SSSR count). The van der Waals surface area contributed by atoms with Crippen LogP contribution < -0.4 is 0 Å². The monoisotopic (exact) mass is 289 g/mol. The molecule has 17 heavy (non-hydrogen) atoms. The quantitative estimate of drug-likeness (QED) is 0.724. The van der Waals surface area contributed by atoms with E-state index in [9.17, 15) is 5.11 Å². The zero-order chi connectivity index (χ0) is 11.8. The molecule has 0 amide bonds. The molecule has 0 aliphatic heterocycles. The van der Waals surface area contributed by atoms with Crippen LogP contribution in [0.2, 0.25) is 0 Å². The molecule has 5 heteroatoms. The van der Waals surface area contributed by atoms with Gasteiger partial charge in [0.25, 0.3) is 0 Å². The largest absolute Gasteiger partial charge is 0.507 e. The van der Waals surface area contributed by atoms with E-state index in [-0.39, 0.29) is 5.75 Å². The summed E-state index contributed by atoms with van der Waals surface area (Å²) in [4.78, 5) is 11.6. The fourth-order valence-electron chi connectivity index (χ4n) is 1.67. The number of rotatable bonds is 1. The van der Waals surface area contributed by atoms with Crippen LogP contribution in [-0.2, 0) is 0 Å². The van der Waals surface area contributed by atoms with Crippen LogP contribution in [-0.4, -0.2) is 20.1 Å². The van der Waals surface area contributed by atoms with Crippen molar-refractivity contribution in [1.29, 1.82) is 0 Å². The summed E-state index contributed by atoms with van der Waals surface area (Å²) in [6.07, 6.45) is 1.69. The highest BCUT2D eigenvalue weighted by Gasteiger charge is 2.10. The average molecular weight is 290 g/mol. The highest BCUT2D eigenvalue weighted by Crippen LogP contribution is 2.30. The number of phenolic OH excluding ortho intramolecular Hbond substituents is 1. The third kappa shape index (κ3) is 1.78. The predicted octanol–water partition coefficient (Wildman–Crippen LogP) is 3.09. The number of benzene rings is 1. The van der Waals surface area contributed by atoms with E-state index in [1.54, 1.807) is 18.3 Å². The molecule has 0 aliphatic carbocycles. The minimum Gasteiger partial charge on any atom is -0.507 e. The van der Waals surface area contributed by atoms with Crippen LogP contribution in [0.4, 0.5) is 0 Å². The van der Waals surface area contributed by atoms with Gasteiger partial charge in [0.1, 0.15) is 11.6 Å². The zero-order valence-corrected chi connectivity index (χ0v) is 10.3. The van der Waals surface area contributed by atoms with E-state index in [4.69, 9.17) is 0 Å². The summed E-state index contributed by atoms with van der Waals surface area (Å²) in [6.45, 7) is 0. The number of hydrogen-bond acceptors (Lipinski definition) is 3. The Morgan fingerprint density at radius 2 is 2.12 bits per heavy atom. The molecular formula is C12H8BrN3O. The molecule has 84 valence electrons. The molecule has 0 radical (unpaired) electrons. The van der Waals surface area contributed by atoms with E-state index in [0.29, 0.717) is 17.0 Å². The summed E-state index contributed by atoms with van der Waals surface area (Å²) in [5.74, 6) is 0.796. The van der Waals surface area contributed by atoms with Crippen LogP contribution in [0, 0.1) is 0 Å². The van der Waals surface area contributed by atoms with Crippen molar-refractivity contribution in [3.63, 3.8) is 0 Å². The molecular weight excluding hydrogens is 282 g/mol. The van der Waals surface area contributed by atoms with Crippen LogP contribution in [0.3, 0.4) is 0 Å². The molecule has 2 heterocycles. The first-order valence-electron chi connectivity index (χ1n) is 5.03. The van der Waals surface area contributed by atoms with Crippen molar-refractivity contribution >= 4 is 27.1 Å². The van der Waals surface area contributed by atoms with Crippen LogP contribution >= 0.6 is 15.9 Å². The number of aromatic nitrogens is 3. The van der Waals surface area contributed by atoms with Crippen molar-refractivity contribution in [2.45, 2.75) is 0 Å². The number of nitrogens with one attached hydrogen (secondary N) is 1. The smallest absolute Gasteiger partial charge is 0.178 e. The lowest BCUT2D eigenvalue weighted by Crippen LogP contribution is -1.81. The van der Waals surface area contributed by atoms with Gasteiger partial charge in [-0.05, 0) is 30.3 Å². The number of fused-ring (bicyclic) bond motifs is 1. The van der Waals surface area contributed by atoms with E-state index in [1.165, 1.54) is 0 Å². The summed E-state index contributed by atoms with van der Waals surface area (Å²) in [5, 5.41) is 9.81. The lowest BCUT2D eigenvalue weighted by molar-refractivity contribution is 0.477. The van der Waals surface area contributed by atoms with E-state index in [1.807, 2.05) is 18.2 Å². The number of aromatic amines is 1. The summed E-state index contributed by atoms with van der Waals surface area (Å²) < 4.78 is 0.888. The fourth-order valence-corrected chi connectivity index (χ4v) is 2.03. The number of hydrogen-bond donors (Lipinski definition) is 2. The number of imidazole rings is 1. The number of H-pyrrole nitrogens is 1. The van der Waals surface area contributed by atoms with Crippen molar-refractivity contribution in [3.8, 4) is 17.1 Å². The zero-order valence-electron chi connectivity index (χ0n) is 8.68. The van der Waals surface area contributed by atoms with Gasteiger partial charge in [-0.25, -0.2) is 9.97 Å². The first kappa shape index (κ1) is 10.3. The number of pyridine rings is 1. The lowest BCUT2D eigenvalue weighted by atomic mass is 10.2. The van der Waals surface area contributed by atoms with Gasteiger partial charge in [0, 0.05) is 10.7 Å². The van der Waals surface area contributed by atoms with Gasteiger partial charge in [0.05, 0.1) is 11.1 Å². The first-order valence-corrected chi connectivity index (χ1v) is 5.83. The highest BCUT2D eigenvalue weighted by molar-refractivity contribution is 9.10. The minimum atomic E-state index is 0.187. The maximum atomic E-state index is 9.81. The molecule has 0 aliphatic rings. The summed E-state index contributed by atoms with van der Waals surface area (Å²) in [6, 6.07) is 8.95. The molecule has 0 unspecified atom stereocenters. The average Bonchev–Trinajstić information content (AvgIpc) is 2.75. The number of phenols is 1. The Morgan fingerprint density at radius 3 is 2.94 bits per heavy atom. The number of aromatic hydroxyl groups is 1. The van der Waals surface area contributed by atoms with Gasteiger partial charge in [0.15, 0.2) is 5.65 Å². The Labute approximate surface area is 105 Å². The number of halogens is 1. The molecule has 1 aromatic carbocycles. The van der Waals surface area contributed by atoms with E-state index >= 15 is 0 Å². The third-order valence-electron chi connectivity index (χ3n) is 2.47. The standard InChI is InChI=1S/C12H8BrN3O/c13-7-3-4-10(17)8(6-7)11-15-9-2-1-5-14-12(9)16-11/h1-6,17H,(H,14,15,16). The van der Waals surface area contributed by atoms with Gasteiger partial charge in [-0.15, -0.1) is 0 Å². The van der Waals surface area contributed by atoms with Crippen molar-refractivity contribution in [2.24, 2.45) is 0 Å². The van der Waals surface area contributed by atoms with Crippen molar-refractivity contribution in [1.82, 2.24) is 15.0 Å². The predicted molar refractivity (Wildman–Crippen MR) is 68.7 cm³/mol. The van der Waals surface area contributed by atoms with Gasteiger partial charge in [-0.3, -0.25) is 0 Å². The van der Waals surface area contributed by atoms with Crippen LogP contribution in [0.15, 0.2) is 41.0 Å². The van der Waals surface area contributed by atoms with E-state index in [0.717, 1.165) is 9.99 Å². The molecule has 0 saturated heterocycles. The molecule has 0 fully saturated rings. The summed E-state index contributed by atoms with van der Waals surface area (Å²) in [7, 11) is 0. The minimum absolute atomic E-state index is 0.187. The Morgan fingerprint density at radius 1 is 1.24 bits per heavy atom. The maximum Gasteiger partial charge on any atom is 0.178 e. The topological polar surface area (TPSA) is 61.8 Å². The van der Waals surface area contributed by atoms with Gasteiger partial charge >= 0.3 is 0 Å². The van der Waals surface area contributed by atoms with Crippen LogP contribution in [0.25, 0.3) is 22.6 Å². The third-order valence-corrected chi connectivity index (χ3v) is 2.96. The molecule has 2 aromatic heterocycles. The van der Waals surface area contributed by atoms with Crippen LogP contribution in [0.5, 0.6) is 5.75 Å². The van der Waals surface area contributed by atoms with E-state index < -0.39 is 0 Å². The Balaban J connectivity index is 2.23. The van der Waals surface area contributed by atoms with Crippen molar-refractivity contribution in [2.75, 3.05) is 0 Å². The Kier molecular flexibility index (Phi) is 2.33. The molecule has 0 saturated carbocycles. The van der Waals surface area contributed by atoms with Crippen molar-refractivity contribution < 1.29 is 5.11 Å². The van der Waals surface area contributed by atoms with Crippen molar-refractivity contribution in [3.05, 3.63) is 41.0 Å². The van der Waals surface area contributed by atoms with Gasteiger partial charge in [-0.2, -0.15) is 0 Å². The second-order valence-corrected chi connectivity index (χ2v) is 4.54. The second-order valence-electron chi connectivity index (χ2n) is 3.62. The van der Waals surface area contributed by atoms with Gasteiger partial charge in [-0.1, -0.05) is 15.9 Å². The molecule has 4 nitrogen and oxygen atoms in total. The van der Waals surface area contributed by atoms with Gasteiger partial charge < -0.3 is 10.1 Å². The Hall–Kier alpha value is -1.88. The highest BCUT2D eigenvalue weighted by atomic mass is 79.9. The number of nitrogens with zero attached hydrogens (tertiary/aromatic N) is 2. The molecule has 0 spiro atoms. The normalized spacial score (nSPS) is 10.9. The molecule has 2 N–H and O–H groups in total. The van der Waals surface area contributed by atoms with Crippen LogP contribution in [0.1, 0.15) is 0 Å². The lowest BCUT2D eigenvalue weighted by Gasteiger charge is -2.01. The summed E-state index contributed by atoms with van der Waals surface area (Å²) in [5.41, 5.74) is 2.14. The first-order chi connectivity index (χ1) is 8.24. The molecule has 0 bridgehead atoms. The Bertz CT molecular complexity index is 660. The fraction of sp³-hybridized carbons (Fsp3) is 0. The molecule has 0 atom stereocenters. The SMILES string of the molecule is Oc1ccc(Br)cc1-c1nc2ncccc2[nH]1. The van der Waals surface area contributed by atoms with E-state index in [2.05, 4.69) is 30.9 Å². The maximum absolute atomic E-state index is 9.81. The second kappa shape index (κ2) is 3.85. The molecule has 3 aromatic rings.